The van der Waals surface area contributed by atoms with E-state index in [4.69, 9.17) is 16.1 Å². The molecule has 0 N–H and O–H groups in total. The minimum atomic E-state index is -4.76. The van der Waals surface area contributed by atoms with Gasteiger partial charge >= 0.3 is 6.18 Å². The normalized spacial score (nSPS) is 18.5. The van der Waals surface area contributed by atoms with Gasteiger partial charge in [0.15, 0.2) is 5.82 Å². The van der Waals surface area contributed by atoms with Gasteiger partial charge in [0.2, 0.25) is 5.89 Å². The molecule has 2 aromatic rings. The Balaban J connectivity index is 1.53. The fraction of sp³-hybridized carbons (Fsp3) is 0.529. The standard InChI is InChI=1S/C17H16ClF3N4O3/c18-12-8-13(14(25(26)27)7-11(12)17(19,20)21)24-5-3-9(4-6-24)15-22-16(28-23-15)10-1-2-10/h7-10H,1-6H2. The van der Waals surface area contributed by atoms with Crippen LogP contribution in [0.2, 0.25) is 5.02 Å². The van der Waals surface area contributed by atoms with Gasteiger partial charge in [-0.05, 0) is 31.7 Å². The smallest absolute Gasteiger partial charge is 0.366 e. The Morgan fingerprint density at radius 1 is 1.18 bits per heavy atom. The third kappa shape index (κ3) is 3.65. The van der Waals surface area contributed by atoms with Crippen molar-refractivity contribution in [3.63, 3.8) is 0 Å². The van der Waals surface area contributed by atoms with Crippen molar-refractivity contribution in [1.29, 1.82) is 0 Å². The highest BCUT2D eigenvalue weighted by atomic mass is 35.5. The van der Waals surface area contributed by atoms with Crippen LogP contribution in [0.4, 0.5) is 24.5 Å². The summed E-state index contributed by atoms with van der Waals surface area (Å²) in [6, 6.07) is 1.53. The number of nitro groups is 1. The number of hydrogen-bond donors (Lipinski definition) is 0. The van der Waals surface area contributed by atoms with Crippen LogP contribution in [0.15, 0.2) is 16.7 Å². The predicted octanol–water partition coefficient (Wildman–Crippen LogP) is 4.91. The van der Waals surface area contributed by atoms with E-state index in [1.54, 1.807) is 4.90 Å². The van der Waals surface area contributed by atoms with E-state index >= 15 is 0 Å². The van der Waals surface area contributed by atoms with Gasteiger partial charge in [0.25, 0.3) is 5.69 Å². The number of aromatic nitrogens is 2. The molecule has 1 aromatic carbocycles. The van der Waals surface area contributed by atoms with E-state index in [0.29, 0.717) is 49.6 Å². The molecule has 1 aliphatic heterocycles. The monoisotopic (exact) mass is 416 g/mol. The molecule has 0 atom stereocenters. The van der Waals surface area contributed by atoms with Crippen LogP contribution in [0.25, 0.3) is 0 Å². The zero-order valence-electron chi connectivity index (χ0n) is 14.6. The van der Waals surface area contributed by atoms with Gasteiger partial charge in [-0.15, -0.1) is 0 Å². The van der Waals surface area contributed by atoms with Crippen molar-refractivity contribution in [3.05, 3.63) is 44.5 Å². The first kappa shape index (κ1) is 19.0. The molecule has 0 bridgehead atoms. The molecule has 1 saturated heterocycles. The number of hydrogen-bond acceptors (Lipinski definition) is 6. The Hall–Kier alpha value is -2.36. The third-order valence-corrected chi connectivity index (χ3v) is 5.46. The predicted molar refractivity (Wildman–Crippen MR) is 93.6 cm³/mol. The Bertz CT molecular complexity index is 906. The summed E-state index contributed by atoms with van der Waals surface area (Å²) >= 11 is 5.77. The van der Waals surface area contributed by atoms with Crippen LogP contribution in [0, 0.1) is 10.1 Å². The van der Waals surface area contributed by atoms with Gasteiger partial charge in [-0.25, -0.2) is 0 Å². The summed E-state index contributed by atoms with van der Waals surface area (Å²) < 4.78 is 44.4. The lowest BCUT2D eigenvalue weighted by atomic mass is 9.95. The number of halogens is 4. The molecule has 150 valence electrons. The van der Waals surface area contributed by atoms with Crippen LogP contribution in [-0.4, -0.2) is 28.2 Å². The molecule has 2 aliphatic rings. The van der Waals surface area contributed by atoms with Crippen molar-refractivity contribution in [1.82, 2.24) is 10.1 Å². The van der Waals surface area contributed by atoms with Gasteiger partial charge in [0.1, 0.15) is 5.69 Å². The molecular formula is C17H16ClF3N4O3. The fourth-order valence-electron chi connectivity index (χ4n) is 3.46. The van der Waals surface area contributed by atoms with Crippen LogP contribution in [0.5, 0.6) is 0 Å². The van der Waals surface area contributed by atoms with E-state index in [-0.39, 0.29) is 11.6 Å². The number of piperidine rings is 1. The van der Waals surface area contributed by atoms with E-state index in [2.05, 4.69) is 10.1 Å². The minimum Gasteiger partial charge on any atom is -0.366 e. The fourth-order valence-corrected chi connectivity index (χ4v) is 3.72. The summed E-state index contributed by atoms with van der Waals surface area (Å²) in [5.41, 5.74) is -1.72. The zero-order valence-corrected chi connectivity index (χ0v) is 15.3. The Morgan fingerprint density at radius 2 is 1.86 bits per heavy atom. The Kier molecular flexibility index (Phi) is 4.68. The quantitative estimate of drug-likeness (QED) is 0.520. The molecule has 4 rings (SSSR count). The van der Waals surface area contributed by atoms with Crippen molar-refractivity contribution in [2.75, 3.05) is 18.0 Å². The molecule has 0 unspecified atom stereocenters. The van der Waals surface area contributed by atoms with Gasteiger partial charge in [0, 0.05) is 31.0 Å². The molecule has 1 saturated carbocycles. The van der Waals surface area contributed by atoms with Crippen molar-refractivity contribution >= 4 is 23.0 Å². The van der Waals surface area contributed by atoms with Gasteiger partial charge in [-0.2, -0.15) is 18.2 Å². The molecule has 0 amide bonds. The summed E-state index contributed by atoms with van der Waals surface area (Å²) in [5, 5.41) is 14.8. The van der Waals surface area contributed by atoms with Crippen molar-refractivity contribution < 1.29 is 22.6 Å². The molecule has 1 aliphatic carbocycles. The van der Waals surface area contributed by atoms with Gasteiger partial charge in [-0.3, -0.25) is 10.1 Å². The van der Waals surface area contributed by atoms with Crippen molar-refractivity contribution in [3.8, 4) is 0 Å². The SMILES string of the molecule is O=[N+]([O-])c1cc(C(F)(F)F)c(Cl)cc1N1CCC(c2noc(C3CC3)n2)CC1. The number of nitrogens with zero attached hydrogens (tertiary/aromatic N) is 4. The Labute approximate surface area is 162 Å². The maximum absolute atomic E-state index is 13.0. The molecule has 11 heteroatoms. The number of anilines is 1. The second kappa shape index (κ2) is 6.91. The molecular weight excluding hydrogens is 401 g/mol. The summed E-state index contributed by atoms with van der Waals surface area (Å²) in [6.45, 7) is 0.834. The molecule has 28 heavy (non-hydrogen) atoms. The van der Waals surface area contributed by atoms with E-state index in [1.807, 2.05) is 0 Å². The highest BCUT2D eigenvalue weighted by molar-refractivity contribution is 6.31. The summed E-state index contributed by atoms with van der Waals surface area (Å²) in [4.78, 5) is 16.7. The first-order chi connectivity index (χ1) is 13.2. The second-order valence-corrected chi connectivity index (χ2v) is 7.51. The number of nitro benzene ring substituents is 1. The molecule has 2 fully saturated rings. The lowest BCUT2D eigenvalue weighted by Crippen LogP contribution is -2.33. The van der Waals surface area contributed by atoms with Crippen molar-refractivity contribution in [2.45, 2.75) is 43.7 Å². The van der Waals surface area contributed by atoms with Crippen LogP contribution in [0.3, 0.4) is 0 Å². The molecule has 1 aromatic heterocycles. The van der Waals surface area contributed by atoms with Gasteiger partial charge < -0.3 is 9.42 Å². The van der Waals surface area contributed by atoms with E-state index in [1.165, 1.54) is 0 Å². The van der Waals surface area contributed by atoms with Crippen LogP contribution in [0.1, 0.15) is 54.8 Å². The lowest BCUT2D eigenvalue weighted by Gasteiger charge is -2.32. The highest BCUT2D eigenvalue weighted by Gasteiger charge is 2.38. The van der Waals surface area contributed by atoms with Crippen LogP contribution < -0.4 is 4.90 Å². The largest absolute Gasteiger partial charge is 0.418 e. The summed E-state index contributed by atoms with van der Waals surface area (Å²) in [5.74, 6) is 1.69. The molecule has 0 radical (unpaired) electrons. The summed E-state index contributed by atoms with van der Waals surface area (Å²) in [6.07, 6.45) is -1.43. The molecule has 7 nitrogen and oxygen atoms in total. The van der Waals surface area contributed by atoms with Crippen LogP contribution in [-0.2, 0) is 6.18 Å². The zero-order chi connectivity index (χ0) is 20.1. The first-order valence-electron chi connectivity index (χ1n) is 8.87. The van der Waals surface area contributed by atoms with Crippen molar-refractivity contribution in [2.24, 2.45) is 0 Å². The van der Waals surface area contributed by atoms with Gasteiger partial charge in [0.05, 0.1) is 15.5 Å². The number of benzene rings is 1. The van der Waals surface area contributed by atoms with E-state index in [9.17, 15) is 23.3 Å². The lowest BCUT2D eigenvalue weighted by molar-refractivity contribution is -0.384. The number of alkyl halides is 3. The third-order valence-electron chi connectivity index (χ3n) is 5.15. The average Bonchev–Trinajstić information content (AvgIpc) is 3.37. The first-order valence-corrected chi connectivity index (χ1v) is 9.25. The highest BCUT2D eigenvalue weighted by Crippen LogP contribution is 2.43. The van der Waals surface area contributed by atoms with E-state index in [0.717, 1.165) is 18.9 Å². The maximum Gasteiger partial charge on any atom is 0.418 e. The topological polar surface area (TPSA) is 85.3 Å². The Morgan fingerprint density at radius 3 is 2.43 bits per heavy atom. The maximum atomic E-state index is 13.0. The number of rotatable bonds is 4. The van der Waals surface area contributed by atoms with Gasteiger partial charge in [-0.1, -0.05) is 16.8 Å². The second-order valence-electron chi connectivity index (χ2n) is 7.10. The molecule has 2 heterocycles. The summed E-state index contributed by atoms with van der Waals surface area (Å²) in [7, 11) is 0. The molecule has 0 spiro atoms. The van der Waals surface area contributed by atoms with Crippen LogP contribution >= 0.6 is 11.6 Å². The average molecular weight is 417 g/mol. The minimum absolute atomic E-state index is 0.0523. The van der Waals surface area contributed by atoms with E-state index < -0.39 is 27.4 Å².